The first-order valence-corrected chi connectivity index (χ1v) is 19.6. The van der Waals surface area contributed by atoms with E-state index in [4.69, 9.17) is 0 Å². The van der Waals surface area contributed by atoms with Crippen molar-refractivity contribution in [3.05, 3.63) is 215 Å². The summed E-state index contributed by atoms with van der Waals surface area (Å²) in [5.74, 6) is 0. The van der Waals surface area contributed by atoms with Crippen molar-refractivity contribution in [2.75, 3.05) is 0 Å². The van der Waals surface area contributed by atoms with E-state index in [0.29, 0.717) is 0 Å². The number of hydrogen-bond acceptors (Lipinski definition) is 6. The van der Waals surface area contributed by atoms with E-state index in [2.05, 4.69) is 211 Å². The summed E-state index contributed by atoms with van der Waals surface area (Å²) in [7, 11) is 0. The van der Waals surface area contributed by atoms with Gasteiger partial charge in [0.1, 0.15) is 0 Å². The van der Waals surface area contributed by atoms with Gasteiger partial charge in [0.25, 0.3) is 0 Å². The average molecular weight is 871 g/mol. The van der Waals surface area contributed by atoms with Gasteiger partial charge in [0.2, 0.25) is 0 Å². The molecular weight excluding hydrogens is 820 g/mol. The molecule has 0 saturated carbocycles. The van der Waals surface area contributed by atoms with Crippen molar-refractivity contribution >= 4 is 34.0 Å². The van der Waals surface area contributed by atoms with E-state index in [0.717, 1.165) is 39.3 Å². The van der Waals surface area contributed by atoms with Crippen molar-refractivity contribution in [1.29, 1.82) is 0 Å². The Labute approximate surface area is 353 Å². The van der Waals surface area contributed by atoms with E-state index in [1.165, 1.54) is 33.4 Å². The molecule has 0 atom stereocenters. The Morgan fingerprint density at radius 3 is 0.464 bits per heavy atom. The van der Waals surface area contributed by atoms with Crippen LogP contribution in [0, 0.1) is 0 Å². The Bertz CT molecular complexity index is 1850. The zero-order valence-electron chi connectivity index (χ0n) is 31.5. The first kappa shape index (κ1) is 38.9. The van der Waals surface area contributed by atoms with Gasteiger partial charge in [-0.3, -0.25) is 29.4 Å². The molecule has 0 N–H and O–H groups in total. The van der Waals surface area contributed by atoms with Crippen molar-refractivity contribution in [1.82, 2.24) is 29.4 Å². The highest BCUT2D eigenvalue weighted by molar-refractivity contribution is 8.93. The molecule has 6 nitrogen and oxygen atoms in total. The first-order chi connectivity index (χ1) is 26.8. The van der Waals surface area contributed by atoms with E-state index >= 15 is 0 Å². The number of piperazine rings is 1. The monoisotopic (exact) mass is 868 g/mol. The summed E-state index contributed by atoms with van der Waals surface area (Å²) in [6.45, 7) is 5.31. The summed E-state index contributed by atoms with van der Waals surface area (Å²) >= 11 is 0. The highest BCUT2D eigenvalue weighted by atomic mass is 79.9. The Morgan fingerprint density at radius 2 is 0.339 bits per heavy atom. The van der Waals surface area contributed by atoms with Crippen LogP contribution in [0.5, 0.6) is 0 Å². The van der Waals surface area contributed by atoms with Gasteiger partial charge >= 0.3 is 0 Å². The zero-order chi connectivity index (χ0) is 35.8. The molecule has 8 heteroatoms. The minimum Gasteiger partial charge on any atom is -0.262 e. The van der Waals surface area contributed by atoms with Gasteiger partial charge in [-0.25, -0.2) is 0 Å². The lowest BCUT2D eigenvalue weighted by Crippen LogP contribution is -2.73. The van der Waals surface area contributed by atoms with Crippen molar-refractivity contribution in [2.24, 2.45) is 0 Å². The number of hydrogen-bond donors (Lipinski definition) is 0. The van der Waals surface area contributed by atoms with Crippen LogP contribution in [-0.2, 0) is 39.3 Å². The van der Waals surface area contributed by atoms with Gasteiger partial charge in [-0.2, -0.15) is 0 Å². The van der Waals surface area contributed by atoms with Crippen molar-refractivity contribution in [3.8, 4) is 0 Å². The summed E-state index contributed by atoms with van der Waals surface area (Å²) in [5, 5.41) is 0. The van der Waals surface area contributed by atoms with Crippen LogP contribution in [0.1, 0.15) is 33.4 Å². The van der Waals surface area contributed by atoms with Crippen molar-refractivity contribution in [2.45, 2.75) is 76.3 Å². The third kappa shape index (κ3) is 7.34. The van der Waals surface area contributed by atoms with Crippen LogP contribution < -0.4 is 0 Å². The van der Waals surface area contributed by atoms with Crippen LogP contribution in [0.4, 0.5) is 0 Å². The molecule has 286 valence electrons. The largest absolute Gasteiger partial charge is 0.262 e. The fourth-order valence-electron chi connectivity index (χ4n) is 10.0. The van der Waals surface area contributed by atoms with Crippen LogP contribution in [0.3, 0.4) is 0 Å². The molecule has 0 aliphatic carbocycles. The van der Waals surface area contributed by atoms with Gasteiger partial charge in [0.15, 0.2) is 0 Å². The molecule has 6 bridgehead atoms. The Morgan fingerprint density at radius 1 is 0.214 bits per heavy atom. The Hall–Kier alpha value is -3.96. The summed E-state index contributed by atoms with van der Waals surface area (Å²) < 4.78 is 0. The molecule has 6 aromatic carbocycles. The van der Waals surface area contributed by atoms with E-state index in [9.17, 15) is 0 Å². The summed E-state index contributed by atoms with van der Waals surface area (Å²) in [4.78, 5) is 17.4. The Balaban J connectivity index is 0.00000220. The third-order valence-corrected chi connectivity index (χ3v) is 12.1. The van der Waals surface area contributed by atoms with E-state index in [-0.39, 0.29) is 71.0 Å². The van der Waals surface area contributed by atoms with Gasteiger partial charge in [0, 0.05) is 39.3 Å². The predicted octanol–water partition coefficient (Wildman–Crippen LogP) is 9.17. The molecule has 5 fully saturated rings. The topological polar surface area (TPSA) is 19.4 Å². The van der Waals surface area contributed by atoms with E-state index in [1.54, 1.807) is 0 Å². The molecule has 0 unspecified atom stereocenters. The maximum absolute atomic E-state index is 2.90. The molecule has 5 aliphatic heterocycles. The Kier molecular flexibility index (Phi) is 12.0. The average Bonchev–Trinajstić information content (AvgIpc) is 3.64. The lowest BCUT2D eigenvalue weighted by atomic mass is 10.0. The van der Waals surface area contributed by atoms with Crippen LogP contribution in [0.25, 0.3) is 0 Å². The fraction of sp³-hybridized carbons (Fsp3) is 0.250. The molecule has 11 rings (SSSR count). The first-order valence-electron chi connectivity index (χ1n) is 19.6. The molecule has 6 aromatic rings. The van der Waals surface area contributed by atoms with Gasteiger partial charge in [0.05, 0.1) is 37.0 Å². The number of rotatable bonds is 12. The summed E-state index contributed by atoms with van der Waals surface area (Å²) in [5.41, 5.74) is 8.18. The minimum atomic E-state index is 0. The second kappa shape index (κ2) is 17.3. The van der Waals surface area contributed by atoms with Gasteiger partial charge < -0.3 is 0 Å². The van der Waals surface area contributed by atoms with Crippen LogP contribution in [-0.4, -0.2) is 66.4 Å². The molecule has 5 aliphatic rings. The van der Waals surface area contributed by atoms with Gasteiger partial charge in [-0.15, -0.1) is 34.0 Å². The normalized spacial score (nSPS) is 24.9. The maximum atomic E-state index is 2.90. The van der Waals surface area contributed by atoms with Crippen molar-refractivity contribution in [3.63, 3.8) is 0 Å². The molecule has 0 aromatic heterocycles. The minimum absolute atomic E-state index is 0. The quantitative estimate of drug-likeness (QED) is 0.121. The van der Waals surface area contributed by atoms with E-state index in [1.807, 2.05) is 0 Å². The lowest BCUT2D eigenvalue weighted by Gasteiger charge is -2.56. The summed E-state index contributed by atoms with van der Waals surface area (Å²) in [6, 6.07) is 67.2. The number of benzene rings is 6. The third-order valence-electron chi connectivity index (χ3n) is 12.1. The molecule has 0 spiro atoms. The second-order valence-corrected chi connectivity index (χ2v) is 15.4. The molecule has 5 heterocycles. The van der Waals surface area contributed by atoms with Crippen molar-refractivity contribution < 1.29 is 0 Å². The van der Waals surface area contributed by atoms with Crippen LogP contribution in [0.15, 0.2) is 182 Å². The number of halogens is 2. The van der Waals surface area contributed by atoms with Gasteiger partial charge in [-0.05, 0) is 33.4 Å². The van der Waals surface area contributed by atoms with Crippen LogP contribution >= 0.6 is 34.0 Å². The molecule has 5 saturated heterocycles. The lowest BCUT2D eigenvalue weighted by molar-refractivity contribution is -0.166. The highest BCUT2D eigenvalue weighted by Crippen LogP contribution is 2.54. The standard InChI is InChI=1S/C48H48N6.2BrH/c1-7-19-37(20-8-1)31-49-43-44-50(32-38-21-9-2-10-22-38)47(49)48-51(33-39-23-11-3-12-24-39)45(53(43)35-41-27-15-5-16-28-41)46(52(48)34-40-25-13-4-14-26-40)54(44)36-42-29-17-6-18-30-42;;/h1-30,43-48H,31-36H2;2*1H. The molecule has 0 radical (unpaired) electrons. The fourth-order valence-corrected chi connectivity index (χ4v) is 10.0. The zero-order valence-corrected chi connectivity index (χ0v) is 35.0. The van der Waals surface area contributed by atoms with Crippen LogP contribution in [0.2, 0.25) is 0 Å². The molecular formula is C48H50Br2N6. The SMILES string of the molecule is Br.Br.c1ccc(CN2C3C4N(Cc5ccccc5)C2C2N(Cc5ccccc5)C(C(N2Cc2ccccc2)N4Cc2ccccc2)N3Cc2ccccc2)cc1. The number of nitrogens with zero attached hydrogens (tertiary/aromatic N) is 6. The van der Waals surface area contributed by atoms with E-state index < -0.39 is 0 Å². The molecule has 56 heavy (non-hydrogen) atoms. The second-order valence-electron chi connectivity index (χ2n) is 15.4. The predicted molar refractivity (Wildman–Crippen MR) is 235 cm³/mol. The smallest absolute Gasteiger partial charge is 0.0955 e. The summed E-state index contributed by atoms with van der Waals surface area (Å²) in [6.07, 6.45) is 0.971. The van der Waals surface area contributed by atoms with Gasteiger partial charge in [-0.1, -0.05) is 182 Å². The maximum Gasteiger partial charge on any atom is 0.0955 e. The highest BCUT2D eigenvalue weighted by Gasteiger charge is 2.71. The molecule has 0 amide bonds.